The molecule has 5 rings (SSSR count). The first-order chi connectivity index (χ1) is 19.2. The van der Waals surface area contributed by atoms with Crippen LogP contribution in [0.15, 0.2) is 66.9 Å². The van der Waals surface area contributed by atoms with Gasteiger partial charge in [-0.2, -0.15) is 0 Å². The summed E-state index contributed by atoms with van der Waals surface area (Å²) >= 11 is 12.4. The summed E-state index contributed by atoms with van der Waals surface area (Å²) in [6, 6.07) is 19.4. The molecule has 2 aromatic carbocycles. The Morgan fingerprint density at radius 3 is 2.60 bits per heavy atom. The van der Waals surface area contributed by atoms with E-state index in [1.807, 2.05) is 62.4 Å². The molecule has 206 valence electrons. The number of aromatic nitrogens is 2. The van der Waals surface area contributed by atoms with Crippen molar-refractivity contribution in [2.24, 2.45) is 0 Å². The molecule has 1 amide bonds. The van der Waals surface area contributed by atoms with Crippen molar-refractivity contribution in [3.8, 4) is 11.4 Å². The SMILES string of the molecule is CCC(=O)Nc1ccc(N2C(=S)N[C@H](c3ccccn3)[C@@H]2c2cc(C)n(-c3cc(Cl)ccc3OC)c2C)cc1C. The van der Waals surface area contributed by atoms with Crippen LogP contribution in [0.2, 0.25) is 5.02 Å². The van der Waals surface area contributed by atoms with Gasteiger partial charge in [-0.1, -0.05) is 24.6 Å². The topological polar surface area (TPSA) is 71.4 Å². The van der Waals surface area contributed by atoms with E-state index in [4.69, 9.17) is 28.6 Å². The van der Waals surface area contributed by atoms with E-state index in [0.717, 1.165) is 51.0 Å². The second kappa shape index (κ2) is 11.3. The van der Waals surface area contributed by atoms with E-state index in [9.17, 15) is 4.79 Å². The Hall–Kier alpha value is -3.88. The lowest BCUT2D eigenvalue weighted by Gasteiger charge is -2.29. The normalized spacial score (nSPS) is 16.6. The fraction of sp³-hybridized carbons (Fsp3) is 0.258. The fourth-order valence-corrected chi connectivity index (χ4v) is 5.93. The van der Waals surface area contributed by atoms with Gasteiger partial charge in [0.15, 0.2) is 5.11 Å². The number of benzene rings is 2. The van der Waals surface area contributed by atoms with Gasteiger partial charge < -0.3 is 24.8 Å². The van der Waals surface area contributed by atoms with Gasteiger partial charge in [0, 0.05) is 40.4 Å². The van der Waals surface area contributed by atoms with E-state index in [1.165, 1.54) is 0 Å². The van der Waals surface area contributed by atoms with E-state index in [0.29, 0.717) is 16.6 Å². The highest BCUT2D eigenvalue weighted by Gasteiger charge is 2.42. The van der Waals surface area contributed by atoms with Gasteiger partial charge in [-0.25, -0.2) is 0 Å². The van der Waals surface area contributed by atoms with Crippen LogP contribution >= 0.6 is 23.8 Å². The molecule has 2 N–H and O–H groups in total. The van der Waals surface area contributed by atoms with Crippen molar-refractivity contribution in [2.75, 3.05) is 17.3 Å². The first-order valence-corrected chi connectivity index (χ1v) is 14.0. The summed E-state index contributed by atoms with van der Waals surface area (Å²) < 4.78 is 7.86. The molecule has 7 nitrogen and oxygen atoms in total. The summed E-state index contributed by atoms with van der Waals surface area (Å²) in [6.07, 6.45) is 2.22. The van der Waals surface area contributed by atoms with Crippen LogP contribution in [-0.4, -0.2) is 27.7 Å². The minimum atomic E-state index is -0.192. The fourth-order valence-electron chi connectivity index (χ4n) is 5.42. The van der Waals surface area contributed by atoms with Gasteiger partial charge in [0.2, 0.25) is 5.91 Å². The average molecular weight is 574 g/mol. The standard InChI is InChI=1S/C31H32ClN5O2S/c1-6-28(38)34-24-12-11-22(15-18(24)2)37-30(29(35-31(37)40)25-9-7-8-14-33-25)23-16-19(3)36(20(23)4)26-17-21(32)10-13-27(26)39-5/h7-17,29-30H,6H2,1-5H3,(H,34,38)(H,35,40)/t29-,30+/m1/s1. The Bertz CT molecular complexity index is 1590. The van der Waals surface area contributed by atoms with Crippen LogP contribution in [0.25, 0.3) is 5.69 Å². The summed E-state index contributed by atoms with van der Waals surface area (Å²) in [4.78, 5) is 18.9. The molecular weight excluding hydrogens is 542 g/mol. The summed E-state index contributed by atoms with van der Waals surface area (Å²) in [5.41, 5.74) is 7.63. The lowest BCUT2D eigenvalue weighted by molar-refractivity contribution is -0.115. The molecule has 1 aliphatic rings. The molecule has 0 bridgehead atoms. The molecule has 0 unspecified atom stereocenters. The third-order valence-corrected chi connectivity index (χ3v) is 7.90. The summed E-state index contributed by atoms with van der Waals surface area (Å²) in [6.45, 7) is 8.01. The molecule has 1 saturated heterocycles. The second-order valence-electron chi connectivity index (χ2n) is 9.88. The third kappa shape index (κ3) is 5.05. The highest BCUT2D eigenvalue weighted by atomic mass is 35.5. The van der Waals surface area contributed by atoms with Crippen LogP contribution in [0.3, 0.4) is 0 Å². The van der Waals surface area contributed by atoms with Crippen molar-refractivity contribution in [2.45, 2.75) is 46.2 Å². The quantitative estimate of drug-likeness (QED) is 0.232. The van der Waals surface area contributed by atoms with Crippen LogP contribution in [-0.2, 0) is 4.79 Å². The number of pyridine rings is 1. The van der Waals surface area contributed by atoms with Crippen molar-refractivity contribution >= 4 is 46.2 Å². The monoisotopic (exact) mass is 573 g/mol. The van der Waals surface area contributed by atoms with E-state index in [1.54, 1.807) is 13.3 Å². The van der Waals surface area contributed by atoms with Crippen molar-refractivity contribution in [3.05, 3.63) is 100 Å². The second-order valence-corrected chi connectivity index (χ2v) is 10.7. The van der Waals surface area contributed by atoms with E-state index in [2.05, 4.69) is 51.1 Å². The van der Waals surface area contributed by atoms with Gasteiger partial charge >= 0.3 is 0 Å². The Balaban J connectivity index is 1.66. The van der Waals surface area contributed by atoms with Gasteiger partial charge in [-0.3, -0.25) is 9.78 Å². The van der Waals surface area contributed by atoms with Crippen LogP contribution in [0, 0.1) is 20.8 Å². The van der Waals surface area contributed by atoms with Crippen molar-refractivity contribution in [3.63, 3.8) is 0 Å². The van der Waals surface area contributed by atoms with Gasteiger partial charge in [-0.05, 0) is 98.7 Å². The first kappa shape index (κ1) is 27.7. The maximum absolute atomic E-state index is 12.0. The number of thiocarbonyl (C=S) groups is 1. The number of aryl methyl sites for hydroxylation is 2. The van der Waals surface area contributed by atoms with Crippen LogP contribution in [0.4, 0.5) is 11.4 Å². The number of carbonyl (C=O) groups is 1. The van der Waals surface area contributed by atoms with Gasteiger partial charge in [-0.15, -0.1) is 0 Å². The Morgan fingerprint density at radius 2 is 1.93 bits per heavy atom. The molecule has 0 saturated carbocycles. The number of nitrogens with zero attached hydrogens (tertiary/aromatic N) is 3. The minimum absolute atomic E-state index is 0.0221. The number of hydrogen-bond donors (Lipinski definition) is 2. The Kier molecular flexibility index (Phi) is 7.83. The number of rotatable bonds is 7. The molecule has 0 radical (unpaired) electrons. The van der Waals surface area contributed by atoms with E-state index in [-0.39, 0.29) is 18.0 Å². The number of nitrogens with one attached hydrogen (secondary N) is 2. The minimum Gasteiger partial charge on any atom is -0.495 e. The number of methoxy groups -OCH3 is 1. The van der Waals surface area contributed by atoms with Crippen molar-refractivity contribution in [1.29, 1.82) is 0 Å². The highest BCUT2D eigenvalue weighted by molar-refractivity contribution is 7.80. The molecule has 1 aliphatic heterocycles. The number of halogens is 1. The number of carbonyl (C=O) groups excluding carboxylic acids is 1. The molecule has 3 heterocycles. The van der Waals surface area contributed by atoms with Crippen LogP contribution in [0.5, 0.6) is 5.75 Å². The number of hydrogen-bond acceptors (Lipinski definition) is 4. The molecule has 9 heteroatoms. The van der Waals surface area contributed by atoms with E-state index < -0.39 is 0 Å². The zero-order valence-corrected chi connectivity index (χ0v) is 24.7. The lowest BCUT2D eigenvalue weighted by atomic mass is 9.96. The highest BCUT2D eigenvalue weighted by Crippen LogP contribution is 2.45. The number of anilines is 2. The predicted molar refractivity (Wildman–Crippen MR) is 165 cm³/mol. The van der Waals surface area contributed by atoms with Crippen LogP contribution < -0.4 is 20.3 Å². The zero-order chi connectivity index (χ0) is 28.6. The zero-order valence-electron chi connectivity index (χ0n) is 23.2. The largest absolute Gasteiger partial charge is 0.495 e. The van der Waals surface area contributed by atoms with Crippen LogP contribution in [0.1, 0.15) is 53.6 Å². The molecule has 0 aliphatic carbocycles. The smallest absolute Gasteiger partial charge is 0.224 e. The average Bonchev–Trinajstić information content (AvgIpc) is 3.44. The van der Waals surface area contributed by atoms with Crippen molar-refractivity contribution in [1.82, 2.24) is 14.9 Å². The van der Waals surface area contributed by atoms with E-state index >= 15 is 0 Å². The molecule has 0 spiro atoms. The predicted octanol–water partition coefficient (Wildman–Crippen LogP) is 6.99. The summed E-state index contributed by atoms with van der Waals surface area (Å²) in [5.74, 6) is 0.711. The summed E-state index contributed by atoms with van der Waals surface area (Å²) in [5, 5.41) is 7.76. The Morgan fingerprint density at radius 1 is 1.12 bits per heavy atom. The molecule has 40 heavy (non-hydrogen) atoms. The molecule has 2 atom stereocenters. The molecule has 4 aromatic rings. The third-order valence-electron chi connectivity index (χ3n) is 7.35. The maximum Gasteiger partial charge on any atom is 0.224 e. The van der Waals surface area contributed by atoms with Gasteiger partial charge in [0.1, 0.15) is 5.75 Å². The van der Waals surface area contributed by atoms with Crippen molar-refractivity contribution < 1.29 is 9.53 Å². The first-order valence-electron chi connectivity index (χ1n) is 13.2. The lowest BCUT2D eigenvalue weighted by Crippen LogP contribution is -2.29. The summed E-state index contributed by atoms with van der Waals surface area (Å²) in [7, 11) is 1.66. The number of ether oxygens (including phenoxy) is 1. The molecule has 2 aromatic heterocycles. The molecular formula is C31H32ClN5O2S. The molecule has 1 fully saturated rings. The number of amides is 1. The van der Waals surface area contributed by atoms with Gasteiger partial charge in [0.05, 0.1) is 30.6 Å². The maximum atomic E-state index is 12.0. The Labute approximate surface area is 245 Å². The van der Waals surface area contributed by atoms with Gasteiger partial charge in [0.25, 0.3) is 0 Å².